The molecule has 0 saturated heterocycles. The summed E-state index contributed by atoms with van der Waals surface area (Å²) in [5.41, 5.74) is 3.29. The van der Waals surface area contributed by atoms with Gasteiger partial charge in [-0.25, -0.2) is 9.07 Å². The second-order valence-electron chi connectivity index (χ2n) is 8.90. The summed E-state index contributed by atoms with van der Waals surface area (Å²) in [5, 5.41) is 12.8. The van der Waals surface area contributed by atoms with Crippen LogP contribution in [0.3, 0.4) is 0 Å². The van der Waals surface area contributed by atoms with Crippen LogP contribution in [0.4, 0.5) is 4.39 Å². The highest BCUT2D eigenvalue weighted by Crippen LogP contribution is 2.26. The van der Waals surface area contributed by atoms with E-state index < -0.39 is 0 Å². The first-order valence-electron chi connectivity index (χ1n) is 10.8. The SMILES string of the molecule is CC(C)(C)c1ccc(OC(=O)CCc2cc(-c3ccc(F)cc3)n(-c3ccc(Cl)nn3)n2)cc1. The Kier molecular flexibility index (Phi) is 6.75. The van der Waals surface area contributed by atoms with Crippen LogP contribution < -0.4 is 4.74 Å². The first-order chi connectivity index (χ1) is 16.2. The van der Waals surface area contributed by atoms with Crippen LogP contribution in [0.25, 0.3) is 17.1 Å². The van der Waals surface area contributed by atoms with Gasteiger partial charge in [-0.15, -0.1) is 10.2 Å². The van der Waals surface area contributed by atoms with Crippen molar-refractivity contribution in [2.24, 2.45) is 0 Å². The number of halogens is 2. The largest absolute Gasteiger partial charge is 0.427 e. The van der Waals surface area contributed by atoms with E-state index in [1.165, 1.54) is 12.1 Å². The second kappa shape index (κ2) is 9.73. The topological polar surface area (TPSA) is 69.9 Å². The lowest BCUT2D eigenvalue weighted by Gasteiger charge is -2.18. The van der Waals surface area contributed by atoms with E-state index in [0.29, 0.717) is 29.4 Å². The maximum absolute atomic E-state index is 13.4. The number of rotatable bonds is 6. The summed E-state index contributed by atoms with van der Waals surface area (Å²) >= 11 is 5.86. The molecule has 0 amide bonds. The standard InChI is InChI=1S/C26H24ClFN4O2/c1-26(2,3)18-6-11-21(12-7-18)34-25(33)15-10-20-16-22(17-4-8-19(28)9-5-17)32(31-20)24-14-13-23(27)29-30-24/h4-9,11-14,16H,10,15H2,1-3H3. The van der Waals surface area contributed by atoms with Gasteiger partial charge in [0, 0.05) is 12.0 Å². The van der Waals surface area contributed by atoms with E-state index >= 15 is 0 Å². The smallest absolute Gasteiger partial charge is 0.311 e. The summed E-state index contributed by atoms with van der Waals surface area (Å²) in [6.45, 7) is 6.38. The van der Waals surface area contributed by atoms with Crippen molar-refractivity contribution in [3.63, 3.8) is 0 Å². The fraction of sp³-hybridized carbons (Fsp3) is 0.231. The fourth-order valence-corrected chi connectivity index (χ4v) is 3.51. The zero-order valence-corrected chi connectivity index (χ0v) is 19.9. The molecule has 0 N–H and O–H groups in total. The minimum absolute atomic E-state index is 0.0259. The van der Waals surface area contributed by atoms with E-state index in [0.717, 1.165) is 11.1 Å². The van der Waals surface area contributed by atoms with Crippen LogP contribution >= 0.6 is 11.6 Å². The average molecular weight is 479 g/mol. The zero-order chi connectivity index (χ0) is 24.3. The van der Waals surface area contributed by atoms with Gasteiger partial charge >= 0.3 is 5.97 Å². The van der Waals surface area contributed by atoms with E-state index in [1.54, 1.807) is 41.1 Å². The van der Waals surface area contributed by atoms with Crippen molar-refractivity contribution in [3.05, 3.63) is 89.0 Å². The lowest BCUT2D eigenvalue weighted by Crippen LogP contribution is -2.12. The van der Waals surface area contributed by atoms with Crippen molar-refractivity contribution in [1.82, 2.24) is 20.0 Å². The van der Waals surface area contributed by atoms with E-state index in [2.05, 4.69) is 36.1 Å². The molecule has 0 spiro atoms. The quantitative estimate of drug-likeness (QED) is 0.253. The number of hydrogen-bond acceptors (Lipinski definition) is 5. The summed E-state index contributed by atoms with van der Waals surface area (Å²) in [7, 11) is 0. The predicted octanol–water partition coefficient (Wildman–Crippen LogP) is 5.96. The number of carbonyl (C=O) groups excluding carboxylic acids is 1. The average Bonchev–Trinajstić information content (AvgIpc) is 3.23. The maximum Gasteiger partial charge on any atom is 0.311 e. The Bertz CT molecular complexity index is 1220. The number of benzene rings is 2. The Morgan fingerprint density at radius 3 is 2.32 bits per heavy atom. The third-order valence-corrected chi connectivity index (χ3v) is 5.47. The summed E-state index contributed by atoms with van der Waals surface area (Å²) < 4.78 is 20.5. The summed E-state index contributed by atoms with van der Waals surface area (Å²) in [4.78, 5) is 12.4. The molecule has 0 unspecified atom stereocenters. The number of hydrogen-bond donors (Lipinski definition) is 0. The van der Waals surface area contributed by atoms with Crippen LogP contribution in [-0.2, 0) is 16.6 Å². The first-order valence-corrected chi connectivity index (χ1v) is 11.2. The van der Waals surface area contributed by atoms with E-state index in [1.807, 2.05) is 18.2 Å². The number of esters is 1. The van der Waals surface area contributed by atoms with Crippen LogP contribution in [0.1, 0.15) is 38.4 Å². The third kappa shape index (κ3) is 5.66. The molecule has 2 heterocycles. The highest BCUT2D eigenvalue weighted by molar-refractivity contribution is 6.29. The molecule has 34 heavy (non-hydrogen) atoms. The van der Waals surface area contributed by atoms with Gasteiger partial charge in [0.25, 0.3) is 0 Å². The van der Waals surface area contributed by atoms with Gasteiger partial charge in [0.1, 0.15) is 11.6 Å². The molecule has 0 aliphatic rings. The second-order valence-corrected chi connectivity index (χ2v) is 9.29. The van der Waals surface area contributed by atoms with Crippen molar-refractivity contribution < 1.29 is 13.9 Å². The summed E-state index contributed by atoms with van der Waals surface area (Å²) in [6, 6.07) is 18.8. The van der Waals surface area contributed by atoms with Gasteiger partial charge < -0.3 is 4.74 Å². The molecule has 0 saturated carbocycles. The molecule has 4 aromatic rings. The highest BCUT2D eigenvalue weighted by atomic mass is 35.5. The van der Waals surface area contributed by atoms with Gasteiger partial charge in [0.05, 0.1) is 17.8 Å². The van der Waals surface area contributed by atoms with Crippen molar-refractivity contribution in [2.45, 2.75) is 39.0 Å². The number of aromatic nitrogens is 4. The van der Waals surface area contributed by atoms with Gasteiger partial charge in [-0.2, -0.15) is 5.10 Å². The summed E-state index contributed by atoms with van der Waals surface area (Å²) in [6.07, 6.45) is 0.508. The third-order valence-electron chi connectivity index (χ3n) is 5.27. The number of ether oxygens (including phenoxy) is 1. The maximum atomic E-state index is 13.4. The molecule has 8 heteroatoms. The molecule has 0 fully saturated rings. The van der Waals surface area contributed by atoms with Crippen molar-refractivity contribution >= 4 is 17.6 Å². The Balaban J connectivity index is 1.50. The fourth-order valence-electron chi connectivity index (χ4n) is 3.41. The van der Waals surface area contributed by atoms with Crippen LogP contribution in [0.15, 0.2) is 66.7 Å². The van der Waals surface area contributed by atoms with Gasteiger partial charge in [0.15, 0.2) is 11.0 Å². The molecule has 0 atom stereocenters. The lowest BCUT2D eigenvalue weighted by molar-refractivity contribution is -0.134. The molecular weight excluding hydrogens is 455 g/mol. The Labute approximate surface area is 202 Å². The minimum Gasteiger partial charge on any atom is -0.427 e. The van der Waals surface area contributed by atoms with Gasteiger partial charge in [-0.05, 0) is 65.6 Å². The van der Waals surface area contributed by atoms with Gasteiger partial charge in [0.2, 0.25) is 0 Å². The number of carbonyl (C=O) groups is 1. The number of aryl methyl sites for hydroxylation is 1. The summed E-state index contributed by atoms with van der Waals surface area (Å²) in [5.74, 6) is 0.274. The van der Waals surface area contributed by atoms with Crippen LogP contribution in [0.5, 0.6) is 5.75 Å². The highest BCUT2D eigenvalue weighted by Gasteiger charge is 2.16. The molecule has 0 radical (unpaired) electrons. The van der Waals surface area contributed by atoms with Crippen LogP contribution in [0, 0.1) is 5.82 Å². The number of nitrogens with zero attached hydrogens (tertiary/aromatic N) is 4. The Morgan fingerprint density at radius 2 is 1.71 bits per heavy atom. The van der Waals surface area contributed by atoms with Gasteiger partial charge in [-0.1, -0.05) is 44.5 Å². The van der Waals surface area contributed by atoms with E-state index in [9.17, 15) is 9.18 Å². The van der Waals surface area contributed by atoms with Crippen LogP contribution in [0.2, 0.25) is 5.15 Å². The molecule has 2 aromatic heterocycles. The monoisotopic (exact) mass is 478 g/mol. The molecule has 0 bridgehead atoms. The lowest BCUT2D eigenvalue weighted by atomic mass is 9.87. The molecule has 0 aliphatic carbocycles. The first kappa shape index (κ1) is 23.6. The van der Waals surface area contributed by atoms with Crippen molar-refractivity contribution in [2.75, 3.05) is 0 Å². The van der Waals surface area contributed by atoms with Crippen LogP contribution in [-0.4, -0.2) is 25.9 Å². The Morgan fingerprint density at radius 1 is 1.00 bits per heavy atom. The molecule has 0 aliphatic heterocycles. The molecule has 2 aromatic carbocycles. The normalized spacial score (nSPS) is 11.4. The minimum atomic E-state index is -0.354. The van der Waals surface area contributed by atoms with Crippen molar-refractivity contribution in [1.29, 1.82) is 0 Å². The van der Waals surface area contributed by atoms with Crippen molar-refractivity contribution in [3.8, 4) is 22.8 Å². The van der Waals surface area contributed by atoms with Gasteiger partial charge in [-0.3, -0.25) is 4.79 Å². The molecular formula is C26H24ClFN4O2. The van der Waals surface area contributed by atoms with E-state index in [4.69, 9.17) is 16.3 Å². The zero-order valence-electron chi connectivity index (χ0n) is 19.1. The predicted molar refractivity (Wildman–Crippen MR) is 129 cm³/mol. The molecule has 4 rings (SSSR count). The molecule has 6 nitrogen and oxygen atoms in total. The molecule has 174 valence electrons. The van der Waals surface area contributed by atoms with E-state index in [-0.39, 0.29) is 28.8 Å². The Hall–Kier alpha value is -3.58.